The van der Waals surface area contributed by atoms with Crippen LogP contribution in [0.15, 0.2) is 18.2 Å². The fraction of sp³-hybridized carbons (Fsp3) is 0.562. The normalized spacial score (nSPS) is 20.6. The first-order chi connectivity index (χ1) is 10.5. The van der Waals surface area contributed by atoms with Gasteiger partial charge >= 0.3 is 0 Å². The van der Waals surface area contributed by atoms with Gasteiger partial charge in [0.05, 0.1) is 17.8 Å². The first kappa shape index (κ1) is 16.8. The first-order valence-electron chi connectivity index (χ1n) is 7.62. The summed E-state index contributed by atoms with van der Waals surface area (Å²) >= 11 is 0. The lowest BCUT2D eigenvalue weighted by atomic mass is 10.1. The van der Waals surface area contributed by atoms with Crippen LogP contribution in [0.3, 0.4) is 0 Å². The van der Waals surface area contributed by atoms with Crippen molar-refractivity contribution in [1.82, 2.24) is 4.90 Å². The van der Waals surface area contributed by atoms with Crippen molar-refractivity contribution in [3.8, 4) is 0 Å². The van der Waals surface area contributed by atoms with Crippen molar-refractivity contribution in [2.24, 2.45) is 0 Å². The van der Waals surface area contributed by atoms with Crippen LogP contribution >= 0.6 is 0 Å². The van der Waals surface area contributed by atoms with Crippen molar-refractivity contribution in [3.63, 3.8) is 0 Å². The molecule has 0 spiro atoms. The van der Waals surface area contributed by atoms with E-state index < -0.39 is 17.7 Å². The number of rotatable bonds is 5. The summed E-state index contributed by atoms with van der Waals surface area (Å²) in [6.07, 6.45) is 2.09. The molecular weight excluding hydrogens is 290 g/mol. The Morgan fingerprint density at radius 3 is 2.95 bits per heavy atom. The second-order valence-corrected chi connectivity index (χ2v) is 5.50. The maximum absolute atomic E-state index is 13.6. The fourth-order valence-electron chi connectivity index (χ4n) is 2.68. The molecule has 1 aliphatic heterocycles. The van der Waals surface area contributed by atoms with E-state index >= 15 is 0 Å². The molecule has 0 aromatic heterocycles. The lowest BCUT2D eigenvalue weighted by molar-refractivity contribution is -0.122. The van der Waals surface area contributed by atoms with Crippen LogP contribution in [0.25, 0.3) is 0 Å². The van der Waals surface area contributed by atoms with Gasteiger partial charge in [0.2, 0.25) is 5.91 Å². The Hall–Kier alpha value is -1.53. The maximum Gasteiger partial charge on any atom is 0.241 e. The number of benzene rings is 1. The summed E-state index contributed by atoms with van der Waals surface area (Å²) in [5, 5.41) is 2.52. The number of nitrogens with zero attached hydrogens (tertiary/aromatic N) is 1. The van der Waals surface area contributed by atoms with E-state index in [4.69, 9.17) is 4.74 Å². The van der Waals surface area contributed by atoms with Crippen molar-refractivity contribution in [2.75, 3.05) is 25.0 Å². The summed E-state index contributed by atoms with van der Waals surface area (Å²) < 4.78 is 32.1. The molecule has 1 aromatic carbocycles. The Kier molecular flexibility index (Phi) is 5.85. The fourth-order valence-corrected chi connectivity index (χ4v) is 2.68. The van der Waals surface area contributed by atoms with Gasteiger partial charge in [-0.3, -0.25) is 9.69 Å². The Bertz CT molecular complexity index is 523. The van der Waals surface area contributed by atoms with Gasteiger partial charge in [0.1, 0.15) is 11.6 Å². The van der Waals surface area contributed by atoms with Gasteiger partial charge in [-0.1, -0.05) is 0 Å². The second-order valence-electron chi connectivity index (χ2n) is 5.50. The van der Waals surface area contributed by atoms with Gasteiger partial charge in [-0.15, -0.1) is 0 Å². The SMILES string of the molecule is CCOC1CCCN(C(C)C(=O)Nc2ccc(F)cc2F)C1. The molecule has 1 N–H and O–H groups in total. The Morgan fingerprint density at radius 1 is 1.50 bits per heavy atom. The second kappa shape index (κ2) is 7.65. The number of hydrogen-bond donors (Lipinski definition) is 1. The van der Waals surface area contributed by atoms with Gasteiger partial charge in [0.25, 0.3) is 0 Å². The lowest BCUT2D eigenvalue weighted by Crippen LogP contribution is -2.49. The average Bonchev–Trinajstić information content (AvgIpc) is 2.50. The molecule has 1 amide bonds. The van der Waals surface area contributed by atoms with Gasteiger partial charge in [-0.2, -0.15) is 0 Å². The molecule has 0 radical (unpaired) electrons. The maximum atomic E-state index is 13.6. The number of likely N-dealkylation sites (tertiary alicyclic amines) is 1. The molecule has 0 bridgehead atoms. The Morgan fingerprint density at radius 2 is 2.27 bits per heavy atom. The average molecular weight is 312 g/mol. The van der Waals surface area contributed by atoms with E-state index in [0.29, 0.717) is 13.2 Å². The molecule has 1 fully saturated rings. The van der Waals surface area contributed by atoms with Crippen LogP contribution in [0.2, 0.25) is 0 Å². The van der Waals surface area contributed by atoms with Crippen molar-refractivity contribution >= 4 is 11.6 Å². The topological polar surface area (TPSA) is 41.6 Å². The third-order valence-corrected chi connectivity index (χ3v) is 3.93. The van der Waals surface area contributed by atoms with Gasteiger partial charge in [0.15, 0.2) is 0 Å². The monoisotopic (exact) mass is 312 g/mol. The standard InChI is InChI=1S/C16H22F2N2O2/c1-3-22-13-5-4-8-20(10-13)11(2)16(21)19-15-7-6-12(17)9-14(15)18/h6-7,9,11,13H,3-5,8,10H2,1-2H3,(H,19,21). The lowest BCUT2D eigenvalue weighted by Gasteiger charge is -2.35. The Labute approximate surface area is 129 Å². The van der Waals surface area contributed by atoms with Crippen LogP contribution in [0, 0.1) is 11.6 Å². The zero-order chi connectivity index (χ0) is 16.1. The van der Waals surface area contributed by atoms with E-state index in [1.54, 1.807) is 6.92 Å². The van der Waals surface area contributed by atoms with Gasteiger partial charge in [-0.05, 0) is 45.4 Å². The summed E-state index contributed by atoms with van der Waals surface area (Å²) in [5.41, 5.74) is -0.00313. The highest BCUT2D eigenvalue weighted by Crippen LogP contribution is 2.19. The number of ether oxygens (including phenoxy) is 1. The molecular formula is C16H22F2N2O2. The molecule has 1 aromatic rings. The van der Waals surface area contributed by atoms with E-state index in [1.165, 1.54) is 6.07 Å². The minimum absolute atomic E-state index is 0.00313. The smallest absolute Gasteiger partial charge is 0.241 e. The molecule has 122 valence electrons. The number of anilines is 1. The molecule has 22 heavy (non-hydrogen) atoms. The zero-order valence-electron chi connectivity index (χ0n) is 12.9. The molecule has 2 atom stereocenters. The van der Waals surface area contributed by atoms with Gasteiger partial charge in [0, 0.05) is 19.2 Å². The molecule has 2 unspecified atom stereocenters. The van der Waals surface area contributed by atoms with E-state index in [9.17, 15) is 13.6 Å². The predicted octanol–water partition coefficient (Wildman–Crippen LogP) is 2.79. The molecule has 0 aliphatic carbocycles. The number of amides is 1. The molecule has 4 nitrogen and oxygen atoms in total. The minimum Gasteiger partial charge on any atom is -0.377 e. The van der Waals surface area contributed by atoms with Crippen LogP contribution in [-0.4, -0.2) is 42.6 Å². The molecule has 1 saturated heterocycles. The van der Waals surface area contributed by atoms with Crippen LogP contribution in [-0.2, 0) is 9.53 Å². The summed E-state index contributed by atoms with van der Waals surface area (Å²) in [6.45, 7) is 5.88. The number of piperidine rings is 1. The van der Waals surface area contributed by atoms with Crippen LogP contribution in [0.1, 0.15) is 26.7 Å². The number of carbonyl (C=O) groups is 1. The number of hydrogen-bond acceptors (Lipinski definition) is 3. The van der Waals surface area contributed by atoms with Crippen molar-refractivity contribution in [1.29, 1.82) is 0 Å². The van der Waals surface area contributed by atoms with Gasteiger partial charge in [-0.25, -0.2) is 8.78 Å². The zero-order valence-corrected chi connectivity index (χ0v) is 12.9. The third kappa shape index (κ3) is 4.24. The van der Waals surface area contributed by atoms with Gasteiger partial charge < -0.3 is 10.1 Å². The number of nitrogens with one attached hydrogen (secondary N) is 1. The predicted molar refractivity (Wildman–Crippen MR) is 80.7 cm³/mol. The summed E-state index contributed by atoms with van der Waals surface area (Å²) in [7, 11) is 0. The Balaban J connectivity index is 1.96. The number of carbonyl (C=O) groups excluding carboxylic acids is 1. The summed E-state index contributed by atoms with van der Waals surface area (Å²) in [5.74, 6) is -1.74. The van der Waals surface area contributed by atoms with Crippen LogP contribution in [0.5, 0.6) is 0 Å². The third-order valence-electron chi connectivity index (χ3n) is 3.93. The quantitative estimate of drug-likeness (QED) is 0.909. The van der Waals surface area contributed by atoms with Crippen molar-refractivity contribution in [3.05, 3.63) is 29.8 Å². The first-order valence-corrected chi connectivity index (χ1v) is 7.62. The van der Waals surface area contributed by atoms with E-state index in [1.807, 2.05) is 11.8 Å². The summed E-state index contributed by atoms with van der Waals surface area (Å²) in [6, 6.07) is 2.71. The van der Waals surface area contributed by atoms with E-state index in [2.05, 4.69) is 5.32 Å². The minimum atomic E-state index is -0.772. The number of halogens is 2. The van der Waals surface area contributed by atoms with E-state index in [0.717, 1.165) is 31.5 Å². The van der Waals surface area contributed by atoms with Crippen LogP contribution in [0.4, 0.5) is 14.5 Å². The highest BCUT2D eigenvalue weighted by atomic mass is 19.1. The molecule has 1 heterocycles. The molecule has 1 aliphatic rings. The molecule has 6 heteroatoms. The van der Waals surface area contributed by atoms with Crippen molar-refractivity contribution < 1.29 is 18.3 Å². The van der Waals surface area contributed by atoms with E-state index in [-0.39, 0.29) is 17.7 Å². The summed E-state index contributed by atoms with van der Waals surface area (Å²) in [4.78, 5) is 14.3. The largest absolute Gasteiger partial charge is 0.377 e. The van der Waals surface area contributed by atoms with Crippen molar-refractivity contribution in [2.45, 2.75) is 38.8 Å². The highest BCUT2D eigenvalue weighted by molar-refractivity contribution is 5.94. The van der Waals surface area contributed by atoms with Crippen LogP contribution < -0.4 is 5.32 Å². The highest BCUT2D eigenvalue weighted by Gasteiger charge is 2.28. The molecule has 0 saturated carbocycles. The molecule has 2 rings (SSSR count).